The largest absolute Gasteiger partial charge is 0.382 e. The Bertz CT molecular complexity index is 190. The van der Waals surface area contributed by atoms with E-state index < -0.39 is 0 Å². The molecule has 4 nitrogen and oxygen atoms in total. The average molecular weight is 244 g/mol. The number of methoxy groups -OCH3 is 2. The molecule has 4 heteroatoms. The van der Waals surface area contributed by atoms with E-state index in [2.05, 4.69) is 24.1 Å². The Morgan fingerprint density at radius 2 is 1.76 bits per heavy atom. The summed E-state index contributed by atoms with van der Waals surface area (Å²) in [4.78, 5) is 2.52. The second-order valence-electron chi connectivity index (χ2n) is 5.40. The van der Waals surface area contributed by atoms with Gasteiger partial charge in [-0.1, -0.05) is 13.8 Å². The Morgan fingerprint density at radius 3 is 2.24 bits per heavy atom. The first-order valence-corrected chi connectivity index (χ1v) is 6.60. The van der Waals surface area contributed by atoms with E-state index in [4.69, 9.17) is 9.47 Å². The maximum Gasteiger partial charge on any atom is 0.0931 e. The van der Waals surface area contributed by atoms with Gasteiger partial charge in [0.2, 0.25) is 0 Å². The lowest BCUT2D eigenvalue weighted by atomic mass is 10.1. The van der Waals surface area contributed by atoms with Crippen molar-refractivity contribution in [2.45, 2.75) is 20.0 Å². The molecule has 0 aliphatic carbocycles. The zero-order valence-electron chi connectivity index (χ0n) is 11.7. The second kappa shape index (κ2) is 8.03. The Morgan fingerprint density at radius 1 is 1.18 bits per heavy atom. The maximum atomic E-state index is 5.45. The van der Waals surface area contributed by atoms with Crippen LogP contribution >= 0.6 is 0 Å². The first-order valence-electron chi connectivity index (χ1n) is 6.60. The molecule has 0 bridgehead atoms. The summed E-state index contributed by atoms with van der Waals surface area (Å²) in [6.07, 6.45) is 0.187. The van der Waals surface area contributed by atoms with Gasteiger partial charge in [-0.2, -0.15) is 0 Å². The smallest absolute Gasteiger partial charge is 0.0931 e. The summed E-state index contributed by atoms with van der Waals surface area (Å²) in [6.45, 7) is 10.8. The number of rotatable bonds is 5. The van der Waals surface area contributed by atoms with Gasteiger partial charge in [-0.3, -0.25) is 0 Å². The van der Waals surface area contributed by atoms with Gasteiger partial charge in [-0.05, 0) is 24.9 Å². The van der Waals surface area contributed by atoms with Gasteiger partial charge in [0.15, 0.2) is 0 Å². The first kappa shape index (κ1) is 14.9. The molecule has 17 heavy (non-hydrogen) atoms. The number of nitrogens with one attached hydrogen (secondary N) is 1. The van der Waals surface area contributed by atoms with E-state index in [0.717, 1.165) is 32.7 Å². The molecular formula is C13H28N2O2. The lowest BCUT2D eigenvalue weighted by molar-refractivity contribution is 0.0000186. The fourth-order valence-electron chi connectivity index (χ4n) is 2.48. The molecule has 1 rings (SSSR count). The van der Waals surface area contributed by atoms with Crippen molar-refractivity contribution >= 4 is 0 Å². The monoisotopic (exact) mass is 244 g/mol. The van der Waals surface area contributed by atoms with Crippen LogP contribution in [0.2, 0.25) is 0 Å². The van der Waals surface area contributed by atoms with Crippen molar-refractivity contribution in [2.24, 2.45) is 11.8 Å². The predicted molar refractivity (Wildman–Crippen MR) is 70.3 cm³/mol. The van der Waals surface area contributed by atoms with E-state index in [1.807, 2.05) is 0 Å². The second-order valence-corrected chi connectivity index (χ2v) is 5.40. The first-order chi connectivity index (χ1) is 8.15. The molecule has 1 N–H and O–H groups in total. The Labute approximate surface area is 106 Å². The van der Waals surface area contributed by atoms with E-state index >= 15 is 0 Å². The molecule has 1 saturated heterocycles. The number of ether oxygens (including phenoxy) is 2. The van der Waals surface area contributed by atoms with Crippen LogP contribution in [0, 0.1) is 11.8 Å². The average Bonchev–Trinajstić information content (AvgIpc) is 2.26. The SMILES string of the molecule is COCC(CN1CC(C)CNCC(C)C1)OC. The normalized spacial score (nSPS) is 29.6. The van der Waals surface area contributed by atoms with Gasteiger partial charge in [-0.15, -0.1) is 0 Å². The van der Waals surface area contributed by atoms with Crippen LogP contribution < -0.4 is 5.32 Å². The molecule has 0 aromatic rings. The third kappa shape index (κ3) is 5.82. The van der Waals surface area contributed by atoms with Crippen molar-refractivity contribution in [1.82, 2.24) is 10.2 Å². The van der Waals surface area contributed by atoms with Crippen molar-refractivity contribution in [1.29, 1.82) is 0 Å². The fraction of sp³-hybridized carbons (Fsp3) is 1.00. The summed E-state index contributed by atoms with van der Waals surface area (Å²) in [5.41, 5.74) is 0. The van der Waals surface area contributed by atoms with Crippen LogP contribution in [0.25, 0.3) is 0 Å². The Balaban J connectivity index is 2.45. The molecule has 1 fully saturated rings. The maximum absolute atomic E-state index is 5.45. The van der Waals surface area contributed by atoms with Crippen molar-refractivity contribution in [2.75, 3.05) is 53.6 Å². The summed E-state index contributed by atoms with van der Waals surface area (Å²) >= 11 is 0. The highest BCUT2D eigenvalue weighted by Crippen LogP contribution is 2.09. The van der Waals surface area contributed by atoms with Crippen molar-refractivity contribution < 1.29 is 9.47 Å². The van der Waals surface area contributed by atoms with E-state index in [-0.39, 0.29) is 6.10 Å². The molecular weight excluding hydrogens is 216 g/mol. The van der Waals surface area contributed by atoms with Crippen LogP contribution in [0.15, 0.2) is 0 Å². The minimum Gasteiger partial charge on any atom is -0.382 e. The van der Waals surface area contributed by atoms with E-state index in [1.165, 1.54) is 0 Å². The zero-order valence-corrected chi connectivity index (χ0v) is 11.7. The lowest BCUT2D eigenvalue weighted by Crippen LogP contribution is -2.46. The number of hydrogen-bond donors (Lipinski definition) is 1. The van der Waals surface area contributed by atoms with Crippen LogP contribution in [0.1, 0.15) is 13.8 Å². The summed E-state index contributed by atoms with van der Waals surface area (Å²) in [5, 5.41) is 3.52. The molecule has 102 valence electrons. The third-order valence-electron chi connectivity index (χ3n) is 3.27. The summed E-state index contributed by atoms with van der Waals surface area (Å²) in [5.74, 6) is 1.39. The molecule has 0 aromatic carbocycles. The molecule has 0 radical (unpaired) electrons. The van der Waals surface area contributed by atoms with Gasteiger partial charge in [0.1, 0.15) is 0 Å². The van der Waals surface area contributed by atoms with E-state index in [0.29, 0.717) is 18.4 Å². The quantitative estimate of drug-likeness (QED) is 0.776. The summed E-state index contributed by atoms with van der Waals surface area (Å²) < 4.78 is 10.6. The van der Waals surface area contributed by atoms with Gasteiger partial charge in [0.05, 0.1) is 12.7 Å². The number of hydrogen-bond acceptors (Lipinski definition) is 4. The number of nitrogens with zero attached hydrogens (tertiary/aromatic N) is 1. The van der Waals surface area contributed by atoms with Crippen molar-refractivity contribution in [3.8, 4) is 0 Å². The van der Waals surface area contributed by atoms with Crippen LogP contribution in [0.5, 0.6) is 0 Å². The van der Waals surface area contributed by atoms with Crippen LogP contribution in [0.3, 0.4) is 0 Å². The molecule has 3 atom stereocenters. The molecule has 0 spiro atoms. The van der Waals surface area contributed by atoms with Gasteiger partial charge in [0.25, 0.3) is 0 Å². The highest BCUT2D eigenvalue weighted by molar-refractivity contribution is 4.75. The topological polar surface area (TPSA) is 33.7 Å². The zero-order chi connectivity index (χ0) is 12.7. The molecule has 0 amide bonds. The minimum atomic E-state index is 0.187. The van der Waals surface area contributed by atoms with Gasteiger partial charge >= 0.3 is 0 Å². The summed E-state index contributed by atoms with van der Waals surface area (Å²) in [7, 11) is 3.50. The molecule has 1 aliphatic heterocycles. The Kier molecular flexibility index (Phi) is 7.04. The molecule has 0 aromatic heterocycles. The van der Waals surface area contributed by atoms with Gasteiger partial charge in [-0.25, -0.2) is 0 Å². The van der Waals surface area contributed by atoms with Gasteiger partial charge in [0, 0.05) is 33.9 Å². The van der Waals surface area contributed by atoms with Gasteiger partial charge < -0.3 is 19.7 Å². The highest BCUT2D eigenvalue weighted by atomic mass is 16.5. The van der Waals surface area contributed by atoms with Crippen LogP contribution in [-0.2, 0) is 9.47 Å². The third-order valence-corrected chi connectivity index (χ3v) is 3.27. The molecule has 0 saturated carbocycles. The molecule has 1 heterocycles. The lowest BCUT2D eigenvalue weighted by Gasteiger charge is -2.33. The predicted octanol–water partition coefficient (Wildman–Crippen LogP) is 0.825. The Hall–Kier alpha value is -0.160. The fourth-order valence-corrected chi connectivity index (χ4v) is 2.48. The standard InChI is InChI=1S/C13H28N2O2/c1-11-5-14-6-12(2)8-15(7-11)9-13(17-4)10-16-3/h11-14H,5-10H2,1-4H3. The van der Waals surface area contributed by atoms with Crippen LogP contribution in [-0.4, -0.2) is 64.6 Å². The van der Waals surface area contributed by atoms with Crippen molar-refractivity contribution in [3.63, 3.8) is 0 Å². The summed E-state index contributed by atoms with van der Waals surface area (Å²) in [6, 6.07) is 0. The minimum absolute atomic E-state index is 0.187. The van der Waals surface area contributed by atoms with Crippen LogP contribution in [0.4, 0.5) is 0 Å². The van der Waals surface area contributed by atoms with E-state index in [1.54, 1.807) is 14.2 Å². The molecule has 3 unspecified atom stereocenters. The van der Waals surface area contributed by atoms with Crippen molar-refractivity contribution in [3.05, 3.63) is 0 Å². The highest BCUT2D eigenvalue weighted by Gasteiger charge is 2.20. The van der Waals surface area contributed by atoms with E-state index in [9.17, 15) is 0 Å². The molecule has 1 aliphatic rings.